The Bertz CT molecular complexity index is 763. The van der Waals surface area contributed by atoms with E-state index in [1.807, 2.05) is 23.7 Å². The number of hydrogen-bond donors (Lipinski definition) is 1. The fourth-order valence-electron chi connectivity index (χ4n) is 2.76. The lowest BCUT2D eigenvalue weighted by molar-refractivity contribution is 0.372. The first-order valence-corrected chi connectivity index (χ1v) is 7.59. The predicted molar refractivity (Wildman–Crippen MR) is 84.5 cm³/mol. The van der Waals surface area contributed by atoms with Crippen LogP contribution in [0.1, 0.15) is 31.5 Å². The van der Waals surface area contributed by atoms with Gasteiger partial charge in [-0.1, -0.05) is 18.0 Å². The lowest BCUT2D eigenvalue weighted by Gasteiger charge is -2.17. The minimum absolute atomic E-state index is 0. The normalized spacial score (nSPS) is 17.0. The van der Waals surface area contributed by atoms with E-state index in [2.05, 4.69) is 15.1 Å². The highest BCUT2D eigenvalue weighted by Crippen LogP contribution is 2.35. The van der Waals surface area contributed by atoms with Crippen LogP contribution < -0.4 is 5.73 Å². The third-order valence-corrected chi connectivity index (χ3v) is 4.74. The Morgan fingerprint density at radius 3 is 2.86 bits per heavy atom. The molecule has 7 heteroatoms. The molecule has 0 amide bonds. The number of fused-ring (bicyclic) bond motifs is 1. The number of hydrogen-bond acceptors (Lipinski definition) is 6. The zero-order valence-corrected chi connectivity index (χ0v) is 12.9. The van der Waals surface area contributed by atoms with E-state index in [0.717, 1.165) is 41.5 Å². The van der Waals surface area contributed by atoms with Gasteiger partial charge in [0.2, 0.25) is 0 Å². The van der Waals surface area contributed by atoms with Crippen LogP contribution >= 0.6 is 23.7 Å². The maximum Gasteiger partial charge on any atom is 0.258 e. The van der Waals surface area contributed by atoms with Crippen molar-refractivity contribution < 1.29 is 4.52 Å². The van der Waals surface area contributed by atoms with Gasteiger partial charge >= 0.3 is 0 Å². The van der Waals surface area contributed by atoms with Crippen molar-refractivity contribution in [2.75, 3.05) is 0 Å². The highest BCUT2D eigenvalue weighted by atomic mass is 35.5. The Labute approximate surface area is 132 Å². The molecule has 1 fully saturated rings. The van der Waals surface area contributed by atoms with Crippen LogP contribution in [0.25, 0.3) is 21.7 Å². The number of benzene rings is 1. The Morgan fingerprint density at radius 1 is 1.24 bits per heavy atom. The van der Waals surface area contributed by atoms with Crippen LogP contribution in [0.3, 0.4) is 0 Å². The molecule has 3 aromatic rings. The average molecular weight is 323 g/mol. The van der Waals surface area contributed by atoms with Crippen molar-refractivity contribution in [2.45, 2.75) is 31.2 Å². The van der Waals surface area contributed by atoms with Crippen molar-refractivity contribution in [1.82, 2.24) is 15.1 Å². The molecule has 0 radical (unpaired) electrons. The summed E-state index contributed by atoms with van der Waals surface area (Å²) in [6, 6.07) is 5.96. The van der Waals surface area contributed by atoms with E-state index in [-0.39, 0.29) is 12.4 Å². The molecule has 1 aromatic carbocycles. The molecule has 2 N–H and O–H groups in total. The molecule has 4 rings (SSSR count). The van der Waals surface area contributed by atoms with Crippen LogP contribution in [-0.2, 0) is 5.54 Å². The Hall–Kier alpha value is -1.50. The summed E-state index contributed by atoms with van der Waals surface area (Å²) >= 11 is 1.60. The van der Waals surface area contributed by atoms with Gasteiger partial charge in [-0.15, -0.1) is 23.7 Å². The van der Waals surface area contributed by atoms with Crippen LogP contribution in [0.2, 0.25) is 0 Å². The molecule has 2 aromatic heterocycles. The second-order valence-electron chi connectivity index (χ2n) is 5.32. The summed E-state index contributed by atoms with van der Waals surface area (Å²) in [5.41, 5.74) is 9.69. The number of thiazole rings is 1. The number of rotatable bonds is 2. The average Bonchev–Trinajstić information content (AvgIpc) is 3.18. The largest absolute Gasteiger partial charge is 0.334 e. The molecule has 0 saturated heterocycles. The van der Waals surface area contributed by atoms with Gasteiger partial charge in [-0.25, -0.2) is 4.98 Å². The first kappa shape index (κ1) is 14.4. The lowest BCUT2D eigenvalue weighted by Crippen LogP contribution is -2.34. The lowest BCUT2D eigenvalue weighted by atomic mass is 9.99. The van der Waals surface area contributed by atoms with E-state index in [9.17, 15) is 0 Å². The number of nitrogens with zero attached hydrogens (tertiary/aromatic N) is 3. The molecule has 0 spiro atoms. The molecule has 0 unspecified atom stereocenters. The SMILES string of the molecule is Cl.NC1(c2noc(-c3ccc4ncsc4c3)n2)CCCC1. The third-order valence-electron chi connectivity index (χ3n) is 3.95. The zero-order valence-electron chi connectivity index (χ0n) is 11.3. The minimum atomic E-state index is -0.406. The summed E-state index contributed by atoms with van der Waals surface area (Å²) in [6.07, 6.45) is 4.13. The van der Waals surface area contributed by atoms with Crippen LogP contribution in [0.5, 0.6) is 0 Å². The first-order valence-electron chi connectivity index (χ1n) is 6.71. The predicted octanol–water partition coefficient (Wildman–Crippen LogP) is 3.50. The molecule has 0 atom stereocenters. The van der Waals surface area contributed by atoms with Gasteiger partial charge in [-0.2, -0.15) is 4.98 Å². The van der Waals surface area contributed by atoms with Gasteiger partial charge in [0, 0.05) is 5.56 Å². The molecule has 1 aliphatic rings. The van der Waals surface area contributed by atoms with Crippen molar-refractivity contribution in [3.63, 3.8) is 0 Å². The van der Waals surface area contributed by atoms with Gasteiger partial charge in [-0.3, -0.25) is 0 Å². The monoisotopic (exact) mass is 322 g/mol. The molecule has 110 valence electrons. The van der Waals surface area contributed by atoms with Crippen LogP contribution in [-0.4, -0.2) is 15.1 Å². The van der Waals surface area contributed by atoms with Crippen molar-refractivity contribution in [3.8, 4) is 11.5 Å². The van der Waals surface area contributed by atoms with E-state index in [0.29, 0.717) is 11.7 Å². The Balaban J connectivity index is 0.00000132. The van der Waals surface area contributed by atoms with Crippen molar-refractivity contribution in [2.24, 2.45) is 5.73 Å². The minimum Gasteiger partial charge on any atom is -0.334 e. The van der Waals surface area contributed by atoms with Crippen LogP contribution in [0.4, 0.5) is 0 Å². The number of halogens is 1. The van der Waals surface area contributed by atoms with E-state index in [1.54, 1.807) is 11.3 Å². The summed E-state index contributed by atoms with van der Waals surface area (Å²) < 4.78 is 6.51. The second kappa shape index (κ2) is 5.36. The molecule has 2 heterocycles. The fourth-order valence-corrected chi connectivity index (χ4v) is 3.48. The van der Waals surface area contributed by atoms with E-state index >= 15 is 0 Å². The molecular weight excluding hydrogens is 308 g/mol. The number of aromatic nitrogens is 3. The maximum atomic E-state index is 6.35. The summed E-state index contributed by atoms with van der Waals surface area (Å²) in [6.45, 7) is 0. The van der Waals surface area contributed by atoms with E-state index < -0.39 is 5.54 Å². The van der Waals surface area contributed by atoms with Gasteiger partial charge in [0.25, 0.3) is 5.89 Å². The second-order valence-corrected chi connectivity index (χ2v) is 6.21. The van der Waals surface area contributed by atoms with Crippen LogP contribution in [0, 0.1) is 0 Å². The fraction of sp³-hybridized carbons (Fsp3) is 0.357. The molecule has 0 aliphatic heterocycles. The topological polar surface area (TPSA) is 77.8 Å². The quantitative estimate of drug-likeness (QED) is 0.781. The van der Waals surface area contributed by atoms with Gasteiger partial charge < -0.3 is 10.3 Å². The maximum absolute atomic E-state index is 6.35. The van der Waals surface area contributed by atoms with Crippen LogP contribution in [0.15, 0.2) is 28.2 Å². The molecule has 1 saturated carbocycles. The van der Waals surface area contributed by atoms with Crippen molar-refractivity contribution >= 4 is 34.0 Å². The molecule has 1 aliphatic carbocycles. The summed E-state index contributed by atoms with van der Waals surface area (Å²) in [5.74, 6) is 1.17. The highest BCUT2D eigenvalue weighted by Gasteiger charge is 2.36. The summed E-state index contributed by atoms with van der Waals surface area (Å²) in [7, 11) is 0. The summed E-state index contributed by atoms with van der Waals surface area (Å²) in [4.78, 5) is 8.77. The third kappa shape index (κ3) is 2.43. The summed E-state index contributed by atoms with van der Waals surface area (Å²) in [5, 5.41) is 4.09. The van der Waals surface area contributed by atoms with Gasteiger partial charge in [0.1, 0.15) is 0 Å². The van der Waals surface area contributed by atoms with Gasteiger partial charge in [0.15, 0.2) is 5.82 Å². The highest BCUT2D eigenvalue weighted by molar-refractivity contribution is 7.16. The Morgan fingerprint density at radius 2 is 2.05 bits per heavy atom. The molecule has 0 bridgehead atoms. The molecule has 21 heavy (non-hydrogen) atoms. The van der Waals surface area contributed by atoms with Gasteiger partial charge in [0.05, 0.1) is 21.3 Å². The molecular formula is C14H15ClN4OS. The van der Waals surface area contributed by atoms with Crippen molar-refractivity contribution in [3.05, 3.63) is 29.5 Å². The standard InChI is InChI=1S/C14H14N4OS.ClH/c15-14(5-1-2-6-14)13-17-12(19-18-13)9-3-4-10-11(7-9)20-8-16-10;/h3-4,7-8H,1-2,5-6,15H2;1H. The van der Waals surface area contributed by atoms with E-state index in [4.69, 9.17) is 10.3 Å². The Kier molecular flexibility index (Phi) is 3.69. The zero-order chi connectivity index (χ0) is 13.6. The number of nitrogens with two attached hydrogens (primary N) is 1. The van der Waals surface area contributed by atoms with Crippen molar-refractivity contribution in [1.29, 1.82) is 0 Å². The smallest absolute Gasteiger partial charge is 0.258 e. The van der Waals surface area contributed by atoms with Gasteiger partial charge in [-0.05, 0) is 31.0 Å². The molecule has 5 nitrogen and oxygen atoms in total. The first-order chi connectivity index (χ1) is 9.74. The van der Waals surface area contributed by atoms with E-state index in [1.165, 1.54) is 0 Å².